The normalized spacial score (nSPS) is 11.5. The van der Waals surface area contributed by atoms with Crippen molar-refractivity contribution in [2.45, 2.75) is 13.0 Å². The van der Waals surface area contributed by atoms with Crippen LogP contribution in [0.5, 0.6) is 11.5 Å². The largest absolute Gasteiger partial charge is 0.573 e. The van der Waals surface area contributed by atoms with E-state index in [0.29, 0.717) is 22.5 Å². The van der Waals surface area contributed by atoms with Crippen molar-refractivity contribution >= 4 is 34.1 Å². The number of benzene rings is 2. The molecule has 6 nitrogen and oxygen atoms in total. The molecule has 0 unspecified atom stereocenters. The number of hydrogen-bond acceptors (Lipinski definition) is 6. The summed E-state index contributed by atoms with van der Waals surface area (Å²) >= 11 is 5.95. The lowest BCUT2D eigenvalue weighted by atomic mass is 10.2. The van der Waals surface area contributed by atoms with E-state index in [9.17, 15) is 13.2 Å². The van der Waals surface area contributed by atoms with Crippen LogP contribution in [-0.2, 0) is 6.61 Å². The smallest absolute Gasteiger partial charge is 0.488 e. The van der Waals surface area contributed by atoms with E-state index < -0.39 is 6.36 Å². The lowest BCUT2D eigenvalue weighted by Gasteiger charge is -2.17. The number of nitrogens with zero attached hydrogens (tertiary/aromatic N) is 3. The summed E-state index contributed by atoms with van der Waals surface area (Å²) in [6.07, 6.45) is -1.52. The van der Waals surface area contributed by atoms with Gasteiger partial charge < -0.3 is 18.9 Å². The number of hydrogen-bond donors (Lipinski definition) is 0. The molecule has 0 radical (unpaired) electrons. The lowest BCUT2D eigenvalue weighted by molar-refractivity contribution is -0.275. The Labute approximate surface area is 179 Å². The Hall–Kier alpha value is -3.46. The number of fused-ring (bicyclic) bond motifs is 1. The molecular weight excluding hydrogens is 435 g/mol. The van der Waals surface area contributed by atoms with Gasteiger partial charge in [-0.25, -0.2) is 0 Å². The molecule has 160 valence electrons. The first-order chi connectivity index (χ1) is 14.8. The number of halogens is 4. The van der Waals surface area contributed by atoms with Gasteiger partial charge in [-0.2, -0.15) is 0 Å². The highest BCUT2D eigenvalue weighted by Gasteiger charge is 2.32. The van der Waals surface area contributed by atoms with Crippen molar-refractivity contribution in [1.29, 1.82) is 0 Å². The highest BCUT2D eigenvalue weighted by molar-refractivity contribution is 6.30. The second-order valence-electron chi connectivity index (χ2n) is 6.49. The zero-order valence-electron chi connectivity index (χ0n) is 16.1. The molecule has 31 heavy (non-hydrogen) atoms. The summed E-state index contributed by atoms with van der Waals surface area (Å²) in [5.41, 5.74) is 1.37. The molecule has 4 rings (SSSR count). The van der Waals surface area contributed by atoms with E-state index in [1.807, 2.05) is 6.07 Å². The van der Waals surface area contributed by atoms with E-state index in [-0.39, 0.29) is 22.9 Å². The van der Waals surface area contributed by atoms with Gasteiger partial charge in [-0.15, -0.1) is 13.2 Å². The van der Waals surface area contributed by atoms with Crippen molar-refractivity contribution in [2.75, 3.05) is 11.9 Å². The minimum Gasteiger partial charge on any atom is -0.488 e. The summed E-state index contributed by atoms with van der Waals surface area (Å²) in [7, 11) is 1.79. The SMILES string of the molecule is CN(c1cccnc1)c1noc2cccc(OCc3cc(Cl)ccc3OC(F)(F)F)c12. The van der Waals surface area contributed by atoms with Gasteiger partial charge in [-0.3, -0.25) is 4.98 Å². The Morgan fingerprint density at radius 2 is 1.94 bits per heavy atom. The summed E-state index contributed by atoms with van der Waals surface area (Å²) in [5, 5.41) is 4.94. The second-order valence-corrected chi connectivity index (χ2v) is 6.93. The number of pyridine rings is 1. The van der Waals surface area contributed by atoms with Crippen molar-refractivity contribution in [1.82, 2.24) is 10.1 Å². The molecule has 0 atom stereocenters. The predicted octanol–water partition coefficient (Wildman–Crippen LogP) is 6.12. The number of aromatic nitrogens is 2. The van der Waals surface area contributed by atoms with Crippen LogP contribution in [0.4, 0.5) is 24.7 Å². The molecule has 0 saturated heterocycles. The lowest BCUT2D eigenvalue weighted by Crippen LogP contribution is -2.18. The van der Waals surface area contributed by atoms with Crippen LogP contribution < -0.4 is 14.4 Å². The maximum atomic E-state index is 12.7. The van der Waals surface area contributed by atoms with Crippen LogP contribution in [0.3, 0.4) is 0 Å². The van der Waals surface area contributed by atoms with E-state index in [2.05, 4.69) is 14.9 Å². The topological polar surface area (TPSA) is 60.6 Å². The Kier molecular flexibility index (Phi) is 5.60. The summed E-state index contributed by atoms with van der Waals surface area (Å²) in [6.45, 7) is -0.216. The molecule has 4 aromatic rings. The average Bonchev–Trinajstić information content (AvgIpc) is 3.18. The Morgan fingerprint density at radius 1 is 1.10 bits per heavy atom. The third-order valence-corrected chi connectivity index (χ3v) is 4.66. The highest BCUT2D eigenvalue weighted by atomic mass is 35.5. The van der Waals surface area contributed by atoms with E-state index in [0.717, 1.165) is 11.8 Å². The van der Waals surface area contributed by atoms with Crippen LogP contribution in [-0.4, -0.2) is 23.6 Å². The quantitative estimate of drug-likeness (QED) is 0.353. The van der Waals surface area contributed by atoms with Crippen LogP contribution in [0.15, 0.2) is 65.4 Å². The standard InChI is InChI=1S/C21H15ClF3N3O3/c1-28(15-4-3-9-26-11-15)20-19-17(5-2-6-18(19)31-27-20)29-12-13-10-14(22)7-8-16(13)30-21(23,24)25/h2-11H,12H2,1H3. The first-order valence-corrected chi connectivity index (χ1v) is 9.39. The molecule has 0 saturated carbocycles. The number of rotatable bonds is 6. The number of ether oxygens (including phenoxy) is 2. The summed E-state index contributed by atoms with van der Waals surface area (Å²) in [5.74, 6) is 0.459. The maximum absolute atomic E-state index is 12.7. The van der Waals surface area contributed by atoms with Gasteiger partial charge in [0.15, 0.2) is 11.4 Å². The van der Waals surface area contributed by atoms with Gasteiger partial charge in [-0.1, -0.05) is 22.8 Å². The molecule has 0 N–H and O–H groups in total. The Balaban J connectivity index is 1.66. The number of anilines is 2. The molecule has 0 fully saturated rings. The zero-order chi connectivity index (χ0) is 22.0. The molecule has 0 aliphatic rings. The summed E-state index contributed by atoms with van der Waals surface area (Å²) < 4.78 is 53.5. The Bertz CT molecular complexity index is 1200. The van der Waals surface area contributed by atoms with E-state index in [4.69, 9.17) is 20.9 Å². The van der Waals surface area contributed by atoms with Gasteiger partial charge >= 0.3 is 6.36 Å². The molecular formula is C21H15ClF3N3O3. The van der Waals surface area contributed by atoms with Crippen molar-refractivity contribution in [3.8, 4) is 11.5 Å². The highest BCUT2D eigenvalue weighted by Crippen LogP contribution is 2.37. The molecule has 2 heterocycles. The van der Waals surface area contributed by atoms with Gasteiger partial charge in [0.2, 0.25) is 0 Å². The Morgan fingerprint density at radius 3 is 2.68 bits per heavy atom. The van der Waals surface area contributed by atoms with Crippen LogP contribution >= 0.6 is 11.6 Å². The van der Waals surface area contributed by atoms with Crippen LogP contribution in [0, 0.1) is 0 Å². The molecule has 2 aromatic carbocycles. The van der Waals surface area contributed by atoms with Crippen LogP contribution in [0.2, 0.25) is 5.02 Å². The molecule has 0 bridgehead atoms. The molecule has 0 amide bonds. The number of alkyl halides is 3. The molecule has 0 aliphatic carbocycles. The molecule has 0 aliphatic heterocycles. The third-order valence-electron chi connectivity index (χ3n) is 4.42. The van der Waals surface area contributed by atoms with Crippen molar-refractivity contribution in [3.05, 3.63) is 71.5 Å². The minimum atomic E-state index is -4.84. The zero-order valence-corrected chi connectivity index (χ0v) is 16.8. The first-order valence-electron chi connectivity index (χ1n) is 9.01. The van der Waals surface area contributed by atoms with Crippen LogP contribution in [0.1, 0.15) is 5.56 Å². The van der Waals surface area contributed by atoms with Crippen molar-refractivity contribution < 1.29 is 27.2 Å². The fourth-order valence-electron chi connectivity index (χ4n) is 3.01. The first kappa shape index (κ1) is 20.8. The minimum absolute atomic E-state index is 0.139. The average molecular weight is 450 g/mol. The van der Waals surface area contributed by atoms with Crippen molar-refractivity contribution in [3.63, 3.8) is 0 Å². The molecule has 10 heteroatoms. The van der Waals surface area contributed by atoms with E-state index in [1.54, 1.807) is 48.6 Å². The predicted molar refractivity (Wildman–Crippen MR) is 109 cm³/mol. The van der Waals surface area contributed by atoms with Gasteiger partial charge in [0, 0.05) is 23.8 Å². The fourth-order valence-corrected chi connectivity index (χ4v) is 3.20. The second kappa shape index (κ2) is 8.35. The third kappa shape index (κ3) is 4.66. The van der Waals surface area contributed by atoms with Gasteiger partial charge in [0.1, 0.15) is 23.5 Å². The maximum Gasteiger partial charge on any atom is 0.573 e. The van der Waals surface area contributed by atoms with Gasteiger partial charge in [-0.05, 0) is 42.5 Å². The fraction of sp³-hybridized carbons (Fsp3) is 0.143. The van der Waals surface area contributed by atoms with E-state index >= 15 is 0 Å². The van der Waals surface area contributed by atoms with E-state index in [1.165, 1.54) is 12.1 Å². The summed E-state index contributed by atoms with van der Waals surface area (Å²) in [4.78, 5) is 5.86. The van der Waals surface area contributed by atoms with Gasteiger partial charge in [0.05, 0.1) is 11.9 Å². The van der Waals surface area contributed by atoms with Gasteiger partial charge in [0.25, 0.3) is 0 Å². The summed E-state index contributed by atoms with van der Waals surface area (Å²) in [6, 6.07) is 12.5. The monoisotopic (exact) mass is 449 g/mol. The van der Waals surface area contributed by atoms with Crippen LogP contribution in [0.25, 0.3) is 11.0 Å². The molecule has 0 spiro atoms. The van der Waals surface area contributed by atoms with Crippen molar-refractivity contribution in [2.24, 2.45) is 0 Å². The molecule has 2 aromatic heterocycles.